The van der Waals surface area contributed by atoms with Gasteiger partial charge in [-0.15, -0.1) is 0 Å². The molecule has 5 aromatic rings. The summed E-state index contributed by atoms with van der Waals surface area (Å²) in [5.41, 5.74) is 0.862. The van der Waals surface area contributed by atoms with Crippen molar-refractivity contribution in [3.05, 3.63) is 142 Å². The normalized spacial score (nSPS) is 10.7. The van der Waals surface area contributed by atoms with Crippen LogP contribution in [0, 0.1) is 0 Å². The molecular formula is C50H53BrO10. The Labute approximate surface area is 366 Å². The molecule has 0 fully saturated rings. The zero-order chi connectivity index (χ0) is 43.2. The maximum absolute atomic E-state index is 13.1. The van der Waals surface area contributed by atoms with Crippen molar-refractivity contribution in [1.82, 2.24) is 0 Å². The Hall–Kier alpha value is -5.94. The Kier molecular flexibility index (Phi) is 18.9. The first-order valence-electron chi connectivity index (χ1n) is 21.1. The van der Waals surface area contributed by atoms with Crippen molar-refractivity contribution in [2.24, 2.45) is 0 Å². The summed E-state index contributed by atoms with van der Waals surface area (Å²) in [6.07, 6.45) is 14.2. The maximum atomic E-state index is 13.1. The quantitative estimate of drug-likeness (QED) is 0.0336. The molecule has 0 bridgehead atoms. The van der Waals surface area contributed by atoms with E-state index in [9.17, 15) is 19.2 Å². The SMILES string of the molecule is CCCCCCCCOc1ccc(OC(=O)c2ccc(C(=O)Oc3ccc(Br)c(OC(=O)c4ccc(C(=O)Oc5ccc(OCCCCCCCC)cc5)cc4)c3)cc2)cc1. The van der Waals surface area contributed by atoms with Gasteiger partial charge in [0.2, 0.25) is 0 Å². The summed E-state index contributed by atoms with van der Waals surface area (Å²) in [6.45, 7) is 5.68. The maximum Gasteiger partial charge on any atom is 0.343 e. The first kappa shape index (κ1) is 46.1. The third-order valence-corrected chi connectivity index (χ3v) is 10.3. The lowest BCUT2D eigenvalue weighted by atomic mass is 10.1. The second-order valence-electron chi connectivity index (χ2n) is 14.5. The second-order valence-corrected chi connectivity index (χ2v) is 15.3. The van der Waals surface area contributed by atoms with Crippen LogP contribution in [0.1, 0.15) is 132 Å². The summed E-state index contributed by atoms with van der Waals surface area (Å²) in [5, 5.41) is 0. The molecule has 0 heterocycles. The Balaban J connectivity index is 1.06. The van der Waals surface area contributed by atoms with Crippen LogP contribution >= 0.6 is 15.9 Å². The average molecular weight is 894 g/mol. The van der Waals surface area contributed by atoms with Crippen LogP contribution in [0.4, 0.5) is 0 Å². The zero-order valence-electron chi connectivity index (χ0n) is 34.8. The molecule has 5 rings (SSSR count). The fourth-order valence-corrected chi connectivity index (χ4v) is 6.45. The van der Waals surface area contributed by atoms with E-state index < -0.39 is 23.9 Å². The summed E-state index contributed by atoms with van der Waals surface area (Å²) in [7, 11) is 0. The van der Waals surface area contributed by atoms with Crippen molar-refractivity contribution >= 4 is 39.8 Å². The van der Waals surface area contributed by atoms with E-state index in [1.54, 1.807) is 54.6 Å². The minimum atomic E-state index is -0.698. The summed E-state index contributed by atoms with van der Waals surface area (Å²) in [6, 6.07) is 30.0. The van der Waals surface area contributed by atoms with Crippen LogP contribution in [-0.2, 0) is 0 Å². The molecule has 61 heavy (non-hydrogen) atoms. The first-order valence-corrected chi connectivity index (χ1v) is 21.9. The van der Waals surface area contributed by atoms with Crippen LogP contribution in [0.2, 0.25) is 0 Å². The number of halogens is 1. The third-order valence-electron chi connectivity index (χ3n) is 9.63. The highest BCUT2D eigenvalue weighted by atomic mass is 79.9. The summed E-state index contributed by atoms with van der Waals surface area (Å²) in [5.74, 6) is -0.180. The number of carbonyl (C=O) groups excluding carboxylic acids is 4. The molecule has 0 spiro atoms. The van der Waals surface area contributed by atoms with Gasteiger partial charge in [0, 0.05) is 6.07 Å². The van der Waals surface area contributed by atoms with E-state index in [1.807, 2.05) is 0 Å². The first-order chi connectivity index (χ1) is 29.7. The van der Waals surface area contributed by atoms with Gasteiger partial charge in [-0.3, -0.25) is 0 Å². The standard InChI is InChI=1S/C50H53BrO10/c1-3-5-7-9-11-13-33-56-40-23-27-42(28-24-40)58-47(52)36-15-17-38(18-16-36)49(54)60-44-31-32-45(51)46(35-44)61-50(55)39-21-19-37(20-22-39)48(53)59-43-29-25-41(26-30-43)57-34-14-12-10-8-6-4-2/h15-32,35H,3-14,33-34H2,1-2H3. The largest absolute Gasteiger partial charge is 0.494 e. The van der Waals surface area contributed by atoms with E-state index in [0.717, 1.165) is 25.7 Å². The molecule has 0 saturated carbocycles. The van der Waals surface area contributed by atoms with Crippen LogP contribution < -0.4 is 28.4 Å². The molecule has 0 aliphatic rings. The third kappa shape index (κ3) is 15.6. The van der Waals surface area contributed by atoms with Crippen LogP contribution in [-0.4, -0.2) is 37.1 Å². The highest BCUT2D eigenvalue weighted by Crippen LogP contribution is 2.31. The molecule has 0 saturated heterocycles. The second kappa shape index (κ2) is 25.0. The topological polar surface area (TPSA) is 124 Å². The number of rotatable bonds is 24. The lowest BCUT2D eigenvalue weighted by molar-refractivity contribution is 0.0713. The van der Waals surface area contributed by atoms with Gasteiger partial charge in [-0.2, -0.15) is 0 Å². The Morgan fingerprint density at radius 3 is 1.08 bits per heavy atom. The summed E-state index contributed by atoms with van der Waals surface area (Å²) >= 11 is 3.37. The number of hydrogen-bond acceptors (Lipinski definition) is 10. The highest BCUT2D eigenvalue weighted by molar-refractivity contribution is 9.10. The van der Waals surface area contributed by atoms with E-state index in [-0.39, 0.29) is 33.8 Å². The van der Waals surface area contributed by atoms with Crippen molar-refractivity contribution in [2.75, 3.05) is 13.2 Å². The van der Waals surface area contributed by atoms with E-state index >= 15 is 0 Å². The van der Waals surface area contributed by atoms with Crippen LogP contribution in [0.5, 0.6) is 34.5 Å². The monoisotopic (exact) mass is 892 g/mol. The molecule has 0 N–H and O–H groups in total. The number of benzene rings is 5. The molecule has 0 aliphatic carbocycles. The van der Waals surface area contributed by atoms with Gasteiger partial charge < -0.3 is 28.4 Å². The van der Waals surface area contributed by atoms with E-state index in [2.05, 4.69) is 29.8 Å². The lowest BCUT2D eigenvalue weighted by Crippen LogP contribution is -2.12. The van der Waals surface area contributed by atoms with Crippen molar-refractivity contribution in [3.63, 3.8) is 0 Å². The molecule has 5 aromatic carbocycles. The highest BCUT2D eigenvalue weighted by Gasteiger charge is 2.17. The fraction of sp³-hybridized carbons (Fsp3) is 0.320. The average Bonchev–Trinajstić information content (AvgIpc) is 3.28. The number of hydrogen-bond donors (Lipinski definition) is 0. The molecule has 0 aromatic heterocycles. The van der Waals surface area contributed by atoms with E-state index in [4.69, 9.17) is 28.4 Å². The van der Waals surface area contributed by atoms with Gasteiger partial charge in [0.15, 0.2) is 0 Å². The predicted octanol–water partition coefficient (Wildman–Crippen LogP) is 12.8. The Morgan fingerprint density at radius 2 is 0.689 bits per heavy atom. The fourth-order valence-electron chi connectivity index (χ4n) is 6.12. The van der Waals surface area contributed by atoms with Crippen LogP contribution in [0.3, 0.4) is 0 Å². The summed E-state index contributed by atoms with van der Waals surface area (Å²) in [4.78, 5) is 51.6. The summed E-state index contributed by atoms with van der Waals surface area (Å²) < 4.78 is 34.2. The van der Waals surface area contributed by atoms with Crippen LogP contribution in [0.15, 0.2) is 120 Å². The number of esters is 4. The van der Waals surface area contributed by atoms with Crippen molar-refractivity contribution in [3.8, 4) is 34.5 Å². The number of carbonyl (C=O) groups is 4. The molecule has 0 radical (unpaired) electrons. The van der Waals surface area contributed by atoms with Gasteiger partial charge >= 0.3 is 23.9 Å². The Bertz CT molecular complexity index is 2150. The number of ether oxygens (including phenoxy) is 6. The molecular weight excluding hydrogens is 840 g/mol. The van der Waals surface area contributed by atoms with Gasteiger partial charge in [-0.1, -0.05) is 78.1 Å². The number of unbranched alkanes of at least 4 members (excludes halogenated alkanes) is 10. The van der Waals surface area contributed by atoms with Gasteiger partial charge in [-0.25, -0.2) is 19.2 Å². The van der Waals surface area contributed by atoms with Gasteiger partial charge in [0.25, 0.3) is 0 Å². The van der Waals surface area contributed by atoms with Gasteiger partial charge in [0.1, 0.15) is 34.5 Å². The molecule has 0 unspecified atom stereocenters. The van der Waals surface area contributed by atoms with E-state index in [0.29, 0.717) is 40.7 Å². The molecule has 0 amide bonds. The van der Waals surface area contributed by atoms with Crippen molar-refractivity contribution in [2.45, 2.75) is 90.9 Å². The molecule has 320 valence electrons. The zero-order valence-corrected chi connectivity index (χ0v) is 36.4. The van der Waals surface area contributed by atoms with Gasteiger partial charge in [-0.05, 0) is 138 Å². The molecule has 0 aliphatic heterocycles. The lowest BCUT2D eigenvalue weighted by Gasteiger charge is -2.10. The predicted molar refractivity (Wildman–Crippen MR) is 237 cm³/mol. The molecule has 11 heteroatoms. The van der Waals surface area contributed by atoms with Crippen molar-refractivity contribution < 1.29 is 47.6 Å². The Morgan fingerprint density at radius 1 is 0.377 bits per heavy atom. The molecule has 0 atom stereocenters. The molecule has 10 nitrogen and oxygen atoms in total. The van der Waals surface area contributed by atoms with E-state index in [1.165, 1.54) is 112 Å². The minimum Gasteiger partial charge on any atom is -0.494 e. The van der Waals surface area contributed by atoms with Gasteiger partial charge in [0.05, 0.1) is 39.9 Å². The van der Waals surface area contributed by atoms with Crippen molar-refractivity contribution in [1.29, 1.82) is 0 Å². The minimum absolute atomic E-state index is 0.105. The van der Waals surface area contributed by atoms with Crippen LogP contribution in [0.25, 0.3) is 0 Å². The smallest absolute Gasteiger partial charge is 0.343 e.